The summed E-state index contributed by atoms with van der Waals surface area (Å²) in [4.78, 5) is 22.1. The number of amides is 1. The number of carbonyl (C=O) groups is 1. The molecule has 0 aliphatic carbocycles. The first-order valence-electron chi connectivity index (χ1n) is 12.0. The van der Waals surface area contributed by atoms with Gasteiger partial charge in [0.25, 0.3) is 0 Å². The molecule has 0 spiro atoms. The second kappa shape index (κ2) is 12.2. The van der Waals surface area contributed by atoms with Crippen LogP contribution in [0.15, 0.2) is 47.8 Å². The number of methoxy groups -OCH3 is 2. The van der Waals surface area contributed by atoms with Crippen molar-refractivity contribution >= 4 is 17.2 Å². The van der Waals surface area contributed by atoms with E-state index in [0.717, 1.165) is 61.1 Å². The quantitative estimate of drug-likeness (QED) is 0.462. The van der Waals surface area contributed by atoms with E-state index in [1.807, 2.05) is 23.6 Å². The number of benzene rings is 2. The molecule has 35 heavy (non-hydrogen) atoms. The van der Waals surface area contributed by atoms with Gasteiger partial charge in [-0.1, -0.05) is 31.2 Å². The summed E-state index contributed by atoms with van der Waals surface area (Å²) in [6, 6.07) is 14.3. The molecule has 1 N–H and O–H groups in total. The summed E-state index contributed by atoms with van der Waals surface area (Å²) < 4.78 is 10.7. The van der Waals surface area contributed by atoms with Crippen LogP contribution in [0.2, 0.25) is 0 Å². The van der Waals surface area contributed by atoms with E-state index in [2.05, 4.69) is 51.3 Å². The van der Waals surface area contributed by atoms with Gasteiger partial charge in [-0.05, 0) is 35.9 Å². The third-order valence-corrected chi connectivity index (χ3v) is 7.30. The van der Waals surface area contributed by atoms with Crippen molar-refractivity contribution in [1.29, 1.82) is 0 Å². The Balaban J connectivity index is 1.25. The van der Waals surface area contributed by atoms with Crippen molar-refractivity contribution in [2.45, 2.75) is 26.4 Å². The molecule has 1 amide bonds. The summed E-state index contributed by atoms with van der Waals surface area (Å²) in [6.45, 7) is 9.39. The van der Waals surface area contributed by atoms with Crippen molar-refractivity contribution in [3.63, 3.8) is 0 Å². The Hall–Kier alpha value is -2.94. The van der Waals surface area contributed by atoms with E-state index in [1.165, 1.54) is 16.9 Å². The van der Waals surface area contributed by atoms with E-state index in [4.69, 9.17) is 9.47 Å². The number of thiazole rings is 1. The van der Waals surface area contributed by atoms with Gasteiger partial charge in [0.1, 0.15) is 5.01 Å². The van der Waals surface area contributed by atoms with Gasteiger partial charge < -0.3 is 19.7 Å². The van der Waals surface area contributed by atoms with Crippen molar-refractivity contribution in [2.24, 2.45) is 0 Å². The van der Waals surface area contributed by atoms with Crippen LogP contribution in [0.3, 0.4) is 0 Å². The summed E-state index contributed by atoms with van der Waals surface area (Å²) in [5.41, 5.74) is 4.11. The number of nitrogens with zero attached hydrogens (tertiary/aromatic N) is 3. The van der Waals surface area contributed by atoms with Crippen LogP contribution in [0.4, 0.5) is 0 Å². The van der Waals surface area contributed by atoms with Gasteiger partial charge in [0.2, 0.25) is 5.91 Å². The van der Waals surface area contributed by atoms with Gasteiger partial charge in [0, 0.05) is 50.2 Å². The van der Waals surface area contributed by atoms with Crippen molar-refractivity contribution in [3.8, 4) is 22.1 Å². The van der Waals surface area contributed by atoms with E-state index in [9.17, 15) is 4.79 Å². The summed E-state index contributed by atoms with van der Waals surface area (Å²) in [7, 11) is 3.23. The topological polar surface area (TPSA) is 66.9 Å². The van der Waals surface area contributed by atoms with Crippen molar-refractivity contribution in [3.05, 3.63) is 64.7 Å². The summed E-state index contributed by atoms with van der Waals surface area (Å²) in [5, 5.41) is 5.79. The first kappa shape index (κ1) is 25.2. The first-order valence-corrected chi connectivity index (χ1v) is 12.9. The lowest BCUT2D eigenvalue weighted by Gasteiger charge is -2.34. The molecule has 0 bridgehead atoms. The van der Waals surface area contributed by atoms with Gasteiger partial charge in [0.05, 0.1) is 26.3 Å². The maximum absolute atomic E-state index is 12.5. The van der Waals surface area contributed by atoms with Crippen LogP contribution in [-0.2, 0) is 24.3 Å². The lowest BCUT2D eigenvalue weighted by Crippen LogP contribution is -2.45. The lowest BCUT2D eigenvalue weighted by atomic mass is 10.1. The molecule has 1 saturated heterocycles. The van der Waals surface area contributed by atoms with Crippen molar-refractivity contribution in [1.82, 2.24) is 20.1 Å². The zero-order valence-corrected chi connectivity index (χ0v) is 21.6. The minimum atomic E-state index is -0.0352. The summed E-state index contributed by atoms with van der Waals surface area (Å²) in [6.07, 6.45) is 0.256. The molecular formula is C27H34N4O3S. The molecule has 1 aliphatic heterocycles. The highest BCUT2D eigenvalue weighted by Gasteiger charge is 2.15. The predicted molar refractivity (Wildman–Crippen MR) is 140 cm³/mol. The van der Waals surface area contributed by atoms with Crippen LogP contribution in [0.5, 0.6) is 11.5 Å². The van der Waals surface area contributed by atoms with Gasteiger partial charge >= 0.3 is 0 Å². The molecule has 3 aromatic rings. The van der Waals surface area contributed by atoms with E-state index >= 15 is 0 Å². The molecule has 0 atom stereocenters. The van der Waals surface area contributed by atoms with E-state index in [0.29, 0.717) is 18.0 Å². The highest BCUT2D eigenvalue weighted by molar-refractivity contribution is 7.13. The van der Waals surface area contributed by atoms with Crippen LogP contribution >= 0.6 is 11.3 Å². The molecule has 1 aromatic heterocycles. The Morgan fingerprint density at radius 3 is 2.34 bits per heavy atom. The minimum absolute atomic E-state index is 0.0352. The number of carbonyl (C=O) groups excluding carboxylic acids is 1. The number of rotatable bonds is 10. The van der Waals surface area contributed by atoms with E-state index in [-0.39, 0.29) is 12.3 Å². The van der Waals surface area contributed by atoms with Gasteiger partial charge in [0.15, 0.2) is 11.5 Å². The Kier molecular flexibility index (Phi) is 8.74. The van der Waals surface area contributed by atoms with Crippen molar-refractivity contribution < 1.29 is 14.3 Å². The molecule has 0 unspecified atom stereocenters. The Morgan fingerprint density at radius 1 is 0.971 bits per heavy atom. The van der Waals surface area contributed by atoms with Gasteiger partial charge in [-0.25, -0.2) is 4.98 Å². The molecular weight excluding hydrogens is 460 g/mol. The minimum Gasteiger partial charge on any atom is -0.493 e. The Bertz CT molecular complexity index is 1110. The number of aromatic nitrogens is 1. The standard InChI is InChI=1S/C27H34N4O3S/c1-4-30-11-13-31(14-12-30)18-21-7-5-20(6-8-21)17-28-26(32)16-23-19-35-27(29-23)22-9-10-24(33-2)25(15-22)34-3/h5-10,15,19H,4,11-14,16-18H2,1-3H3,(H,28,32). The molecule has 0 saturated carbocycles. The van der Waals surface area contributed by atoms with Crippen LogP contribution in [0.25, 0.3) is 10.6 Å². The van der Waals surface area contributed by atoms with Crippen LogP contribution in [0.1, 0.15) is 23.7 Å². The highest BCUT2D eigenvalue weighted by Crippen LogP contribution is 2.33. The summed E-state index contributed by atoms with van der Waals surface area (Å²) >= 11 is 1.51. The Morgan fingerprint density at radius 2 is 1.66 bits per heavy atom. The molecule has 4 rings (SSSR count). The monoisotopic (exact) mass is 494 g/mol. The molecule has 2 aromatic carbocycles. The number of ether oxygens (including phenoxy) is 2. The SMILES string of the molecule is CCN1CCN(Cc2ccc(CNC(=O)Cc3csc(-c4ccc(OC)c(OC)c4)n3)cc2)CC1. The molecule has 8 heteroatoms. The van der Waals surface area contributed by atoms with Crippen LogP contribution < -0.4 is 14.8 Å². The maximum Gasteiger partial charge on any atom is 0.226 e. The number of likely N-dealkylation sites (N-methyl/N-ethyl adjacent to an activating group) is 1. The largest absolute Gasteiger partial charge is 0.493 e. The number of hydrogen-bond acceptors (Lipinski definition) is 7. The third kappa shape index (κ3) is 6.81. The fourth-order valence-electron chi connectivity index (χ4n) is 4.20. The second-order valence-corrected chi connectivity index (χ2v) is 9.55. The molecule has 7 nitrogen and oxygen atoms in total. The smallest absolute Gasteiger partial charge is 0.226 e. The van der Waals surface area contributed by atoms with Crippen LogP contribution in [0, 0.1) is 0 Å². The molecule has 2 heterocycles. The van der Waals surface area contributed by atoms with Gasteiger partial charge in [-0.2, -0.15) is 0 Å². The number of piperazine rings is 1. The van der Waals surface area contributed by atoms with E-state index < -0.39 is 0 Å². The number of nitrogens with one attached hydrogen (secondary N) is 1. The second-order valence-electron chi connectivity index (χ2n) is 8.69. The average Bonchev–Trinajstić information content (AvgIpc) is 3.36. The molecule has 186 valence electrons. The fourth-order valence-corrected chi connectivity index (χ4v) is 5.02. The third-order valence-electron chi connectivity index (χ3n) is 6.35. The van der Waals surface area contributed by atoms with Gasteiger partial charge in [-0.3, -0.25) is 9.69 Å². The first-order chi connectivity index (χ1) is 17.1. The van der Waals surface area contributed by atoms with Crippen molar-refractivity contribution in [2.75, 3.05) is 46.9 Å². The fraction of sp³-hybridized carbons (Fsp3) is 0.407. The predicted octanol–water partition coefficient (Wildman–Crippen LogP) is 3.82. The lowest BCUT2D eigenvalue weighted by molar-refractivity contribution is -0.120. The molecule has 1 fully saturated rings. The highest BCUT2D eigenvalue weighted by atomic mass is 32.1. The molecule has 1 aliphatic rings. The van der Waals surface area contributed by atoms with Gasteiger partial charge in [-0.15, -0.1) is 11.3 Å². The van der Waals surface area contributed by atoms with E-state index in [1.54, 1.807) is 14.2 Å². The zero-order valence-electron chi connectivity index (χ0n) is 20.8. The maximum atomic E-state index is 12.5. The average molecular weight is 495 g/mol. The zero-order chi connectivity index (χ0) is 24.6. The molecule has 0 radical (unpaired) electrons. The van der Waals surface area contributed by atoms with Crippen LogP contribution in [-0.4, -0.2) is 67.6 Å². The Labute approximate surface area is 211 Å². The normalized spacial score (nSPS) is 14.6. The summed E-state index contributed by atoms with van der Waals surface area (Å²) in [5.74, 6) is 1.30. The number of hydrogen-bond donors (Lipinski definition) is 1.